The molecule has 0 amide bonds. The van der Waals surface area contributed by atoms with Crippen LogP contribution >= 0.6 is 11.6 Å². The number of benzene rings is 2. The fraction of sp³-hybridized carbons (Fsp3) is 0.381. The summed E-state index contributed by atoms with van der Waals surface area (Å²) >= 11 is 6.14. The van der Waals surface area contributed by atoms with Crippen LogP contribution in [0.15, 0.2) is 46.9 Å². The van der Waals surface area contributed by atoms with E-state index in [-0.39, 0.29) is 5.82 Å². The summed E-state index contributed by atoms with van der Waals surface area (Å²) in [6.07, 6.45) is 1.90. The predicted octanol–water partition coefficient (Wildman–Crippen LogP) is 4.37. The van der Waals surface area contributed by atoms with Gasteiger partial charge in [-0.1, -0.05) is 29.8 Å². The zero-order chi connectivity index (χ0) is 18.6. The molecule has 27 heavy (non-hydrogen) atoms. The lowest BCUT2D eigenvalue weighted by molar-refractivity contribution is 0.126. The highest BCUT2D eigenvalue weighted by atomic mass is 35.5. The molecule has 1 aliphatic rings. The summed E-state index contributed by atoms with van der Waals surface area (Å²) in [6.45, 7) is 5.88. The molecule has 1 fully saturated rings. The molecule has 142 valence electrons. The number of aryl methyl sites for hydroxylation is 1. The molecular weight excluding hydrogens is 365 g/mol. The fourth-order valence-electron chi connectivity index (χ4n) is 3.54. The van der Waals surface area contributed by atoms with Gasteiger partial charge < -0.3 is 9.32 Å². The number of hydrogen-bond donors (Lipinski definition) is 0. The van der Waals surface area contributed by atoms with E-state index in [0.717, 1.165) is 74.7 Å². The van der Waals surface area contributed by atoms with Gasteiger partial charge in [-0.05, 0) is 42.8 Å². The van der Waals surface area contributed by atoms with Crippen molar-refractivity contribution in [1.29, 1.82) is 0 Å². The highest BCUT2D eigenvalue weighted by Gasteiger charge is 2.18. The minimum Gasteiger partial charge on any atom is -0.441 e. The third kappa shape index (κ3) is 4.67. The molecular formula is C21H23ClFN3O. The first-order valence-corrected chi connectivity index (χ1v) is 9.78. The van der Waals surface area contributed by atoms with Gasteiger partial charge in [0.2, 0.25) is 0 Å². The maximum atomic E-state index is 13.2. The van der Waals surface area contributed by atoms with Crippen LogP contribution in [0.25, 0.3) is 11.1 Å². The third-order valence-corrected chi connectivity index (χ3v) is 5.43. The third-order valence-electron chi connectivity index (χ3n) is 5.08. The second-order valence-electron chi connectivity index (χ2n) is 7.03. The van der Waals surface area contributed by atoms with Gasteiger partial charge in [0, 0.05) is 44.2 Å². The normalized spacial score (nSPS) is 16.2. The number of nitrogens with zero attached hydrogens (tertiary/aromatic N) is 3. The van der Waals surface area contributed by atoms with Gasteiger partial charge in [0.25, 0.3) is 0 Å². The van der Waals surface area contributed by atoms with Crippen LogP contribution in [0.1, 0.15) is 17.9 Å². The second-order valence-corrected chi connectivity index (χ2v) is 7.44. The number of para-hydroxylation sites is 2. The first-order valence-electron chi connectivity index (χ1n) is 9.40. The van der Waals surface area contributed by atoms with Crippen LogP contribution in [0.2, 0.25) is 5.02 Å². The van der Waals surface area contributed by atoms with Crippen molar-refractivity contribution in [2.75, 3.05) is 32.7 Å². The Morgan fingerprint density at radius 1 is 1.04 bits per heavy atom. The van der Waals surface area contributed by atoms with Crippen LogP contribution < -0.4 is 0 Å². The summed E-state index contributed by atoms with van der Waals surface area (Å²) in [6, 6.07) is 12.5. The van der Waals surface area contributed by atoms with E-state index in [1.54, 1.807) is 6.07 Å². The molecule has 0 atom stereocenters. The van der Waals surface area contributed by atoms with Crippen LogP contribution in [0.5, 0.6) is 0 Å². The van der Waals surface area contributed by atoms with Crippen LogP contribution in [0.4, 0.5) is 4.39 Å². The molecule has 1 aromatic heterocycles. The summed E-state index contributed by atoms with van der Waals surface area (Å²) in [5.74, 6) is 0.535. The minimum absolute atomic E-state index is 0.285. The molecule has 0 saturated carbocycles. The van der Waals surface area contributed by atoms with Crippen molar-refractivity contribution < 1.29 is 8.81 Å². The van der Waals surface area contributed by atoms with Gasteiger partial charge in [-0.3, -0.25) is 4.90 Å². The van der Waals surface area contributed by atoms with Crippen LogP contribution in [0, 0.1) is 5.82 Å². The van der Waals surface area contributed by atoms with E-state index in [2.05, 4.69) is 14.8 Å². The summed E-state index contributed by atoms with van der Waals surface area (Å²) in [5, 5.41) is 0.510. The fourth-order valence-corrected chi connectivity index (χ4v) is 3.77. The number of piperazine rings is 1. The van der Waals surface area contributed by atoms with Crippen molar-refractivity contribution in [2.24, 2.45) is 0 Å². The Balaban J connectivity index is 1.21. The molecule has 0 spiro atoms. The first kappa shape index (κ1) is 18.4. The molecule has 2 aromatic carbocycles. The largest absolute Gasteiger partial charge is 0.441 e. The van der Waals surface area contributed by atoms with E-state index in [1.165, 1.54) is 12.1 Å². The maximum absolute atomic E-state index is 13.2. The van der Waals surface area contributed by atoms with E-state index in [4.69, 9.17) is 16.0 Å². The van der Waals surface area contributed by atoms with Gasteiger partial charge in [-0.15, -0.1) is 0 Å². The van der Waals surface area contributed by atoms with Crippen LogP contribution in [-0.2, 0) is 13.0 Å². The average Bonchev–Trinajstić information content (AvgIpc) is 3.08. The summed E-state index contributed by atoms with van der Waals surface area (Å²) in [7, 11) is 0. The van der Waals surface area contributed by atoms with Gasteiger partial charge in [0.05, 0.1) is 0 Å². The monoisotopic (exact) mass is 387 g/mol. The molecule has 1 aliphatic heterocycles. The molecule has 3 aromatic rings. The number of rotatable bonds is 6. The Bertz CT molecular complexity index is 872. The molecule has 0 radical (unpaired) electrons. The van der Waals surface area contributed by atoms with Gasteiger partial charge >= 0.3 is 0 Å². The molecule has 0 unspecified atom stereocenters. The summed E-state index contributed by atoms with van der Waals surface area (Å²) in [4.78, 5) is 9.39. The SMILES string of the molecule is Fc1ccc(CN2CCN(CCCc3nc4ccccc4o3)CC2)c(Cl)c1. The highest BCUT2D eigenvalue weighted by molar-refractivity contribution is 6.31. The van der Waals surface area contributed by atoms with Gasteiger partial charge in [-0.2, -0.15) is 0 Å². The van der Waals surface area contributed by atoms with Crippen molar-refractivity contribution in [3.63, 3.8) is 0 Å². The first-order chi connectivity index (χ1) is 13.2. The molecule has 2 heterocycles. The van der Waals surface area contributed by atoms with Crippen molar-refractivity contribution in [3.05, 3.63) is 64.8 Å². The second kappa shape index (κ2) is 8.38. The Morgan fingerprint density at radius 3 is 2.59 bits per heavy atom. The van der Waals surface area contributed by atoms with Crippen molar-refractivity contribution >= 4 is 22.7 Å². The quantitative estimate of drug-likeness (QED) is 0.628. The molecule has 0 aliphatic carbocycles. The highest BCUT2D eigenvalue weighted by Crippen LogP contribution is 2.20. The van der Waals surface area contributed by atoms with E-state index < -0.39 is 0 Å². The smallest absolute Gasteiger partial charge is 0.195 e. The van der Waals surface area contributed by atoms with E-state index in [1.807, 2.05) is 24.3 Å². The number of oxazole rings is 1. The number of halogens is 2. The summed E-state index contributed by atoms with van der Waals surface area (Å²) < 4.78 is 18.9. The number of aromatic nitrogens is 1. The lowest BCUT2D eigenvalue weighted by Crippen LogP contribution is -2.46. The number of hydrogen-bond acceptors (Lipinski definition) is 4. The molecule has 0 N–H and O–H groups in total. The van der Waals surface area contributed by atoms with Crippen molar-refractivity contribution in [3.8, 4) is 0 Å². The zero-order valence-corrected chi connectivity index (χ0v) is 16.0. The number of fused-ring (bicyclic) bond motifs is 1. The lowest BCUT2D eigenvalue weighted by atomic mass is 10.2. The lowest BCUT2D eigenvalue weighted by Gasteiger charge is -2.34. The topological polar surface area (TPSA) is 32.5 Å². The summed E-state index contributed by atoms with van der Waals surface area (Å²) in [5.41, 5.74) is 2.78. The molecule has 6 heteroatoms. The van der Waals surface area contributed by atoms with E-state index in [0.29, 0.717) is 5.02 Å². The zero-order valence-electron chi connectivity index (χ0n) is 15.2. The van der Waals surface area contributed by atoms with Crippen molar-refractivity contribution in [2.45, 2.75) is 19.4 Å². The Morgan fingerprint density at radius 2 is 1.81 bits per heavy atom. The van der Waals surface area contributed by atoms with Crippen LogP contribution in [0.3, 0.4) is 0 Å². The van der Waals surface area contributed by atoms with Gasteiger partial charge in [-0.25, -0.2) is 9.37 Å². The van der Waals surface area contributed by atoms with E-state index >= 15 is 0 Å². The Labute approximate surface area is 163 Å². The maximum Gasteiger partial charge on any atom is 0.195 e. The van der Waals surface area contributed by atoms with Crippen molar-refractivity contribution in [1.82, 2.24) is 14.8 Å². The van der Waals surface area contributed by atoms with Crippen LogP contribution in [-0.4, -0.2) is 47.5 Å². The minimum atomic E-state index is -0.285. The standard InChI is InChI=1S/C21H23ClFN3O/c22-18-14-17(23)8-7-16(18)15-26-12-10-25(11-13-26)9-3-6-21-24-19-4-1-2-5-20(19)27-21/h1-2,4-5,7-8,14H,3,6,9-13,15H2. The predicted molar refractivity (Wildman–Crippen MR) is 105 cm³/mol. The molecule has 0 bridgehead atoms. The van der Waals surface area contributed by atoms with Gasteiger partial charge in [0.15, 0.2) is 11.5 Å². The Kier molecular flexibility index (Phi) is 5.72. The molecule has 4 nitrogen and oxygen atoms in total. The molecule has 4 rings (SSSR count). The Hall–Kier alpha value is -1.95. The molecule has 1 saturated heterocycles. The van der Waals surface area contributed by atoms with Gasteiger partial charge in [0.1, 0.15) is 11.3 Å². The van der Waals surface area contributed by atoms with E-state index in [9.17, 15) is 4.39 Å². The average molecular weight is 388 g/mol.